The standard InChI is InChI=1S/C21H45B2NO2/c1-19(2,17-21(23,26)20(3,4)22)15-13-11-9-7-5-6-8-10-12-14-16-24-18-25/h12,14,24-26H,5-11,13,15-18,22-23H2,1-4H3/b14-12+. The topological polar surface area (TPSA) is 52.5 Å². The van der Waals surface area contributed by atoms with E-state index in [0.29, 0.717) is 0 Å². The number of allylic oxidation sites excluding steroid dienone is 1. The molecule has 3 nitrogen and oxygen atoms in total. The Kier molecular flexibility index (Phi) is 12.9. The predicted molar refractivity (Wildman–Crippen MR) is 120 cm³/mol. The van der Waals surface area contributed by atoms with Gasteiger partial charge in [0.05, 0.1) is 6.73 Å². The molecule has 0 rings (SSSR count). The van der Waals surface area contributed by atoms with Gasteiger partial charge in [0.15, 0.2) is 0 Å². The van der Waals surface area contributed by atoms with Gasteiger partial charge in [0.1, 0.15) is 15.7 Å². The molecule has 3 N–H and O–H groups in total. The van der Waals surface area contributed by atoms with E-state index < -0.39 is 5.50 Å². The van der Waals surface area contributed by atoms with Gasteiger partial charge in [0.2, 0.25) is 0 Å². The third-order valence-corrected chi connectivity index (χ3v) is 5.70. The normalized spacial score (nSPS) is 15.5. The average molecular weight is 365 g/mol. The Balaban J connectivity index is 3.67. The van der Waals surface area contributed by atoms with E-state index in [1.807, 2.05) is 7.85 Å². The van der Waals surface area contributed by atoms with E-state index in [2.05, 4.69) is 53.0 Å². The molecule has 0 radical (unpaired) electrons. The van der Waals surface area contributed by atoms with Gasteiger partial charge in [0.25, 0.3) is 0 Å². The lowest BCUT2D eigenvalue weighted by molar-refractivity contribution is 0.0377. The van der Waals surface area contributed by atoms with E-state index in [4.69, 9.17) is 5.11 Å². The van der Waals surface area contributed by atoms with E-state index in [1.165, 1.54) is 51.4 Å². The van der Waals surface area contributed by atoms with Crippen molar-refractivity contribution in [2.24, 2.45) is 5.41 Å². The van der Waals surface area contributed by atoms with Crippen molar-refractivity contribution in [1.82, 2.24) is 5.32 Å². The molecule has 0 saturated heterocycles. The highest BCUT2D eigenvalue weighted by Gasteiger charge is 2.39. The van der Waals surface area contributed by atoms with Gasteiger partial charge in [-0.05, 0) is 36.4 Å². The van der Waals surface area contributed by atoms with Gasteiger partial charge in [-0.2, -0.15) is 0 Å². The minimum Gasteiger partial charge on any atom is -0.399 e. The van der Waals surface area contributed by atoms with E-state index >= 15 is 0 Å². The molecule has 0 aliphatic heterocycles. The molecule has 0 aromatic carbocycles. The largest absolute Gasteiger partial charge is 0.399 e. The molecule has 0 bridgehead atoms. The highest BCUT2D eigenvalue weighted by atomic mass is 16.3. The molecule has 0 aliphatic carbocycles. The fraction of sp³-hybridized carbons (Fsp3) is 0.905. The van der Waals surface area contributed by atoms with Gasteiger partial charge < -0.3 is 10.2 Å². The third kappa shape index (κ3) is 13.0. The molecule has 26 heavy (non-hydrogen) atoms. The summed E-state index contributed by atoms with van der Waals surface area (Å²) < 4.78 is 0. The Morgan fingerprint density at radius 3 is 1.92 bits per heavy atom. The number of unbranched alkanes of at least 4 members (excludes halogenated alkanes) is 7. The molecular weight excluding hydrogens is 320 g/mol. The van der Waals surface area contributed by atoms with Crippen LogP contribution in [0.4, 0.5) is 0 Å². The summed E-state index contributed by atoms with van der Waals surface area (Å²) in [6.07, 6.45) is 16.7. The molecule has 0 aromatic rings. The minimum absolute atomic E-state index is 0.0530. The maximum Gasteiger partial charge on any atom is 0.142 e. The summed E-state index contributed by atoms with van der Waals surface area (Å²) >= 11 is 0. The summed E-state index contributed by atoms with van der Waals surface area (Å²) in [4.78, 5) is 0. The monoisotopic (exact) mass is 365 g/mol. The summed E-state index contributed by atoms with van der Waals surface area (Å²) in [5, 5.41) is 22.2. The first-order valence-corrected chi connectivity index (χ1v) is 10.7. The van der Waals surface area contributed by atoms with E-state index in [-0.39, 0.29) is 17.5 Å². The van der Waals surface area contributed by atoms with Crippen molar-refractivity contribution in [3.8, 4) is 0 Å². The fourth-order valence-corrected chi connectivity index (χ4v) is 3.38. The van der Waals surface area contributed by atoms with Crippen LogP contribution < -0.4 is 5.32 Å². The molecular formula is C21H45B2NO2. The molecule has 0 saturated carbocycles. The quantitative estimate of drug-likeness (QED) is 0.170. The van der Waals surface area contributed by atoms with Gasteiger partial charge in [-0.3, -0.25) is 5.32 Å². The Morgan fingerprint density at radius 1 is 0.846 bits per heavy atom. The zero-order chi connectivity index (χ0) is 20.1. The van der Waals surface area contributed by atoms with Gasteiger partial charge >= 0.3 is 0 Å². The van der Waals surface area contributed by atoms with Crippen molar-refractivity contribution in [2.75, 3.05) is 13.3 Å². The van der Waals surface area contributed by atoms with Crippen LogP contribution >= 0.6 is 0 Å². The molecule has 0 fully saturated rings. The summed E-state index contributed by atoms with van der Waals surface area (Å²) in [6.45, 7) is 9.68. The summed E-state index contributed by atoms with van der Waals surface area (Å²) in [7, 11) is 4.12. The molecule has 0 amide bonds. The molecule has 5 heteroatoms. The number of rotatable bonds is 16. The van der Waals surface area contributed by atoms with Gasteiger partial charge in [-0.15, -0.1) is 0 Å². The van der Waals surface area contributed by atoms with Crippen molar-refractivity contribution in [3.05, 3.63) is 12.2 Å². The maximum atomic E-state index is 10.8. The van der Waals surface area contributed by atoms with Gasteiger partial charge in [-0.25, -0.2) is 0 Å². The second-order valence-corrected chi connectivity index (χ2v) is 9.96. The number of hydrogen-bond acceptors (Lipinski definition) is 3. The number of aliphatic hydroxyl groups is 2. The molecule has 152 valence electrons. The third-order valence-electron chi connectivity index (χ3n) is 5.70. The highest BCUT2D eigenvalue weighted by molar-refractivity contribution is 6.25. The SMILES string of the molecule is BC(C)(C)C(B)(O)CC(C)(C)CCCCCCCCC/C=C/CNCO. The molecule has 0 heterocycles. The van der Waals surface area contributed by atoms with Crippen LogP contribution in [0.1, 0.15) is 91.9 Å². The van der Waals surface area contributed by atoms with Crippen molar-refractivity contribution >= 4 is 15.7 Å². The number of nitrogens with one attached hydrogen (secondary N) is 1. The van der Waals surface area contributed by atoms with Gasteiger partial charge in [0, 0.05) is 12.0 Å². The molecule has 0 aromatic heterocycles. The first-order chi connectivity index (χ1) is 12.0. The fourth-order valence-electron chi connectivity index (χ4n) is 3.38. The van der Waals surface area contributed by atoms with Crippen molar-refractivity contribution in [1.29, 1.82) is 0 Å². The Labute approximate surface area is 165 Å². The van der Waals surface area contributed by atoms with E-state index in [1.54, 1.807) is 0 Å². The van der Waals surface area contributed by atoms with Crippen LogP contribution in [0.25, 0.3) is 0 Å². The molecule has 1 unspecified atom stereocenters. The first-order valence-electron chi connectivity index (χ1n) is 10.7. The van der Waals surface area contributed by atoms with Crippen LogP contribution in [0.2, 0.25) is 5.31 Å². The summed E-state index contributed by atoms with van der Waals surface area (Å²) in [5.41, 5.74) is -0.410. The number of aliphatic hydroxyl groups excluding tert-OH is 1. The van der Waals surface area contributed by atoms with Crippen LogP contribution in [0, 0.1) is 5.41 Å². The highest BCUT2D eigenvalue weighted by Crippen LogP contribution is 2.42. The van der Waals surface area contributed by atoms with Gasteiger partial charge in [-0.1, -0.05) is 78.4 Å². The van der Waals surface area contributed by atoms with E-state index in [0.717, 1.165) is 19.4 Å². The zero-order valence-corrected chi connectivity index (χ0v) is 18.5. The smallest absolute Gasteiger partial charge is 0.142 e. The zero-order valence-electron chi connectivity index (χ0n) is 18.5. The molecule has 0 aliphatic rings. The van der Waals surface area contributed by atoms with Crippen molar-refractivity contribution < 1.29 is 10.2 Å². The van der Waals surface area contributed by atoms with Crippen LogP contribution in [0.3, 0.4) is 0 Å². The second-order valence-electron chi connectivity index (χ2n) is 9.96. The van der Waals surface area contributed by atoms with Crippen LogP contribution in [0.15, 0.2) is 12.2 Å². The summed E-state index contributed by atoms with van der Waals surface area (Å²) in [5.74, 6) is 0. The lowest BCUT2D eigenvalue weighted by Gasteiger charge is -2.43. The van der Waals surface area contributed by atoms with Crippen LogP contribution in [0.5, 0.6) is 0 Å². The lowest BCUT2D eigenvalue weighted by atomic mass is 9.49. The Morgan fingerprint density at radius 2 is 1.38 bits per heavy atom. The van der Waals surface area contributed by atoms with Crippen LogP contribution in [-0.2, 0) is 0 Å². The van der Waals surface area contributed by atoms with Crippen molar-refractivity contribution in [2.45, 2.75) is 103 Å². The van der Waals surface area contributed by atoms with E-state index in [9.17, 15) is 5.11 Å². The Hall–Kier alpha value is -0.250. The summed E-state index contributed by atoms with van der Waals surface area (Å²) in [6, 6.07) is 0. The van der Waals surface area contributed by atoms with Crippen LogP contribution in [-0.4, -0.2) is 44.7 Å². The first kappa shape index (κ1) is 25.7. The van der Waals surface area contributed by atoms with Crippen molar-refractivity contribution in [3.63, 3.8) is 0 Å². The lowest BCUT2D eigenvalue weighted by Crippen LogP contribution is -2.44. The predicted octanol–water partition coefficient (Wildman–Crippen LogP) is 3.16. The Bertz CT molecular complexity index is 377. The number of hydrogen-bond donors (Lipinski definition) is 3. The molecule has 1 atom stereocenters. The average Bonchev–Trinajstić information content (AvgIpc) is 2.49. The second kappa shape index (κ2) is 13.0. The minimum atomic E-state index is -0.612. The molecule has 0 spiro atoms. The maximum absolute atomic E-state index is 10.8.